The smallest absolute Gasteiger partial charge is 0.164 e. The Morgan fingerprint density at radius 3 is 1.51 bits per heavy atom. The van der Waals surface area contributed by atoms with Gasteiger partial charge in [0.1, 0.15) is 0 Å². The largest absolute Gasteiger partial charge is 0.309 e. The van der Waals surface area contributed by atoms with Crippen LogP contribution in [0.4, 0.5) is 0 Å². The lowest BCUT2D eigenvalue weighted by Crippen LogP contribution is -2.00. The molecule has 0 N–H and O–H groups in total. The summed E-state index contributed by atoms with van der Waals surface area (Å²) in [4.78, 5) is 14.8. The zero-order valence-corrected chi connectivity index (χ0v) is 22.1. The number of hydrogen-bond acceptors (Lipinski definition) is 3. The Hall–Kier alpha value is -5.61. The van der Waals surface area contributed by atoms with Gasteiger partial charge >= 0.3 is 0 Å². The molecule has 0 amide bonds. The molecule has 2 aromatic heterocycles. The van der Waals surface area contributed by atoms with Gasteiger partial charge in [-0.1, -0.05) is 103 Å². The second kappa shape index (κ2) is 9.54. The minimum Gasteiger partial charge on any atom is -0.309 e. The lowest BCUT2D eigenvalue weighted by Gasteiger charge is -2.11. The Bertz CT molecular complexity index is 2140. The van der Waals surface area contributed by atoms with E-state index in [9.17, 15) is 0 Å². The first-order valence-electron chi connectivity index (χ1n) is 13.7. The molecule has 0 aliphatic heterocycles. The van der Waals surface area contributed by atoms with E-state index in [0.29, 0.717) is 17.5 Å². The summed E-state index contributed by atoms with van der Waals surface area (Å²) in [6, 6.07) is 50.4. The van der Waals surface area contributed by atoms with Crippen molar-refractivity contribution in [3.8, 4) is 39.9 Å². The molecular weight excluding hydrogens is 500 g/mol. The van der Waals surface area contributed by atoms with Gasteiger partial charge in [0.05, 0.1) is 11.0 Å². The monoisotopic (exact) mass is 524 g/mol. The van der Waals surface area contributed by atoms with E-state index in [1.807, 2.05) is 30.3 Å². The fourth-order valence-corrected chi connectivity index (χ4v) is 5.64. The van der Waals surface area contributed by atoms with Gasteiger partial charge in [-0.05, 0) is 53.2 Å². The van der Waals surface area contributed by atoms with Crippen LogP contribution < -0.4 is 0 Å². The predicted molar refractivity (Wildman–Crippen MR) is 168 cm³/mol. The molecule has 0 aliphatic rings. The average molecular weight is 525 g/mol. The van der Waals surface area contributed by atoms with Crippen molar-refractivity contribution in [1.29, 1.82) is 0 Å². The number of benzene rings is 6. The maximum Gasteiger partial charge on any atom is 0.164 e. The van der Waals surface area contributed by atoms with Crippen LogP contribution in [0.1, 0.15) is 0 Å². The summed E-state index contributed by atoms with van der Waals surface area (Å²) in [6.07, 6.45) is 0. The maximum atomic E-state index is 4.97. The highest BCUT2D eigenvalue weighted by molar-refractivity contribution is 6.09. The van der Waals surface area contributed by atoms with Crippen LogP contribution in [0.2, 0.25) is 0 Å². The molecular formula is C37H24N4. The number of rotatable bonds is 4. The molecule has 0 unspecified atom stereocenters. The van der Waals surface area contributed by atoms with Gasteiger partial charge in [0.15, 0.2) is 17.5 Å². The van der Waals surface area contributed by atoms with Gasteiger partial charge in [-0.25, -0.2) is 15.0 Å². The van der Waals surface area contributed by atoms with Crippen molar-refractivity contribution >= 4 is 32.6 Å². The first-order valence-corrected chi connectivity index (χ1v) is 13.7. The third kappa shape index (κ3) is 4.05. The van der Waals surface area contributed by atoms with Crippen molar-refractivity contribution in [2.24, 2.45) is 0 Å². The maximum absolute atomic E-state index is 4.97. The Morgan fingerprint density at radius 1 is 0.366 bits per heavy atom. The summed E-state index contributed by atoms with van der Waals surface area (Å²) in [5.41, 5.74) is 6.33. The molecule has 0 saturated heterocycles. The molecule has 41 heavy (non-hydrogen) atoms. The second-order valence-corrected chi connectivity index (χ2v) is 10.2. The summed E-state index contributed by atoms with van der Waals surface area (Å²) in [6.45, 7) is 0. The molecule has 6 aromatic carbocycles. The van der Waals surface area contributed by atoms with Gasteiger partial charge < -0.3 is 4.57 Å². The highest BCUT2D eigenvalue weighted by Crippen LogP contribution is 2.33. The van der Waals surface area contributed by atoms with Crippen LogP contribution in [-0.2, 0) is 0 Å². The van der Waals surface area contributed by atoms with Crippen molar-refractivity contribution in [3.05, 3.63) is 146 Å². The predicted octanol–water partition coefficient (Wildman–Crippen LogP) is 9.12. The van der Waals surface area contributed by atoms with E-state index in [0.717, 1.165) is 27.8 Å². The van der Waals surface area contributed by atoms with E-state index in [2.05, 4.69) is 120 Å². The SMILES string of the molecule is c1ccc(-c2nc(-c3ccc(-n4c5ccccc5c5ccccc54)cc3)nc(-c3ccc4ccccc4c3)n2)cc1. The van der Waals surface area contributed by atoms with Gasteiger partial charge in [-0.2, -0.15) is 0 Å². The molecule has 0 fully saturated rings. The Balaban J connectivity index is 1.27. The van der Waals surface area contributed by atoms with Crippen LogP contribution in [0.15, 0.2) is 146 Å². The molecule has 8 rings (SSSR count). The zero-order valence-electron chi connectivity index (χ0n) is 22.1. The number of hydrogen-bond donors (Lipinski definition) is 0. The molecule has 0 bridgehead atoms. The summed E-state index contributed by atoms with van der Waals surface area (Å²) < 4.78 is 2.32. The van der Waals surface area contributed by atoms with Gasteiger partial charge in [0, 0.05) is 33.2 Å². The van der Waals surface area contributed by atoms with Crippen LogP contribution in [-0.4, -0.2) is 19.5 Å². The fourth-order valence-electron chi connectivity index (χ4n) is 5.64. The average Bonchev–Trinajstić information content (AvgIpc) is 3.39. The normalized spacial score (nSPS) is 11.4. The van der Waals surface area contributed by atoms with Gasteiger partial charge in [-0.3, -0.25) is 0 Å². The minimum absolute atomic E-state index is 0.649. The summed E-state index contributed by atoms with van der Waals surface area (Å²) in [7, 11) is 0. The van der Waals surface area contributed by atoms with E-state index >= 15 is 0 Å². The van der Waals surface area contributed by atoms with Crippen molar-refractivity contribution < 1.29 is 0 Å². The van der Waals surface area contributed by atoms with Crippen molar-refractivity contribution in [2.75, 3.05) is 0 Å². The van der Waals surface area contributed by atoms with Gasteiger partial charge in [0.25, 0.3) is 0 Å². The Morgan fingerprint density at radius 2 is 0.854 bits per heavy atom. The van der Waals surface area contributed by atoms with Gasteiger partial charge in [-0.15, -0.1) is 0 Å². The number of fused-ring (bicyclic) bond motifs is 4. The molecule has 0 spiro atoms. The minimum atomic E-state index is 0.649. The topological polar surface area (TPSA) is 43.6 Å². The van der Waals surface area contributed by atoms with Crippen LogP contribution in [0.5, 0.6) is 0 Å². The Labute approximate surface area is 237 Å². The van der Waals surface area contributed by atoms with Crippen LogP contribution in [0.25, 0.3) is 72.4 Å². The Kier molecular flexibility index (Phi) is 5.42. The fraction of sp³-hybridized carbons (Fsp3) is 0. The first-order chi connectivity index (χ1) is 20.3. The number of nitrogens with zero attached hydrogens (tertiary/aromatic N) is 4. The van der Waals surface area contributed by atoms with E-state index < -0.39 is 0 Å². The first kappa shape index (κ1) is 23.3. The van der Waals surface area contributed by atoms with Crippen molar-refractivity contribution in [1.82, 2.24) is 19.5 Å². The van der Waals surface area contributed by atoms with Gasteiger partial charge in [0.2, 0.25) is 0 Å². The highest BCUT2D eigenvalue weighted by Gasteiger charge is 2.14. The van der Waals surface area contributed by atoms with E-state index in [-0.39, 0.29) is 0 Å². The molecule has 4 heteroatoms. The lowest BCUT2D eigenvalue weighted by atomic mass is 10.1. The lowest BCUT2D eigenvalue weighted by molar-refractivity contribution is 1.07. The van der Waals surface area contributed by atoms with Crippen LogP contribution in [0, 0.1) is 0 Å². The standard InChI is InChI=1S/C37H24N4/c1-2-11-26(12-3-1)35-38-36(40-37(39-35)29-19-18-25-10-4-5-13-28(25)24-29)27-20-22-30(23-21-27)41-33-16-8-6-14-31(33)32-15-7-9-17-34(32)41/h1-24H. The van der Waals surface area contributed by atoms with Crippen LogP contribution in [0.3, 0.4) is 0 Å². The molecule has 4 nitrogen and oxygen atoms in total. The molecule has 2 heterocycles. The molecule has 0 radical (unpaired) electrons. The highest BCUT2D eigenvalue weighted by atomic mass is 15.0. The van der Waals surface area contributed by atoms with Crippen molar-refractivity contribution in [3.63, 3.8) is 0 Å². The van der Waals surface area contributed by atoms with E-state index in [1.54, 1.807) is 0 Å². The van der Waals surface area contributed by atoms with E-state index in [4.69, 9.17) is 15.0 Å². The van der Waals surface area contributed by atoms with Crippen molar-refractivity contribution in [2.45, 2.75) is 0 Å². The molecule has 192 valence electrons. The third-order valence-corrected chi connectivity index (χ3v) is 7.64. The molecule has 0 saturated carbocycles. The summed E-state index contributed by atoms with van der Waals surface area (Å²) in [5, 5.41) is 4.84. The summed E-state index contributed by atoms with van der Waals surface area (Å²) >= 11 is 0. The second-order valence-electron chi connectivity index (χ2n) is 10.2. The molecule has 0 atom stereocenters. The molecule has 0 aliphatic carbocycles. The summed E-state index contributed by atoms with van der Waals surface area (Å²) in [5.74, 6) is 1.96. The van der Waals surface area contributed by atoms with E-state index in [1.165, 1.54) is 27.2 Å². The number of aromatic nitrogens is 4. The number of para-hydroxylation sites is 2. The third-order valence-electron chi connectivity index (χ3n) is 7.64. The van der Waals surface area contributed by atoms with Crippen LogP contribution >= 0.6 is 0 Å². The zero-order chi connectivity index (χ0) is 27.2. The molecule has 8 aromatic rings. The quantitative estimate of drug-likeness (QED) is 0.231.